The number of hydrogen-bond donors (Lipinski definition) is 0. The summed E-state index contributed by atoms with van der Waals surface area (Å²) < 4.78 is 4.88. The van der Waals surface area contributed by atoms with Crippen molar-refractivity contribution in [2.24, 2.45) is 0 Å². The number of nitrogens with zero attached hydrogens (tertiary/aromatic N) is 2. The average molecular weight is 815 g/mol. The van der Waals surface area contributed by atoms with Crippen LogP contribution in [0.4, 0.5) is 0 Å². The lowest BCUT2D eigenvalue weighted by Gasteiger charge is -2.34. The van der Waals surface area contributed by atoms with E-state index in [9.17, 15) is 0 Å². The van der Waals surface area contributed by atoms with Crippen molar-refractivity contribution in [3.63, 3.8) is 0 Å². The second kappa shape index (κ2) is 14.2. The molecule has 2 aromatic heterocycles. The van der Waals surface area contributed by atoms with Crippen LogP contribution < -0.4 is 0 Å². The molecule has 0 amide bonds. The molecule has 0 fully saturated rings. The molecule has 12 aromatic rings. The Balaban J connectivity index is 0.958. The molecule has 0 saturated heterocycles. The standard InChI is InChI=1S/C62H42N2/c1-41-15-14-16-43(37-41)42-27-31-48(32-28-42)63-58-25-12-9-22-52(58)54-38-44(29-35-60(54)63)45-30-36-61-55(39-45)53-23-10-13-26-59(53)64(61)49-33-34-51-50-21-8-11-24-56(50)62(57(51)40-49,46-17-4-2-5-18-46)47-19-6-3-7-20-47/h2-40H,1H3. The van der Waals surface area contributed by atoms with Crippen molar-refractivity contribution in [1.82, 2.24) is 9.13 Å². The van der Waals surface area contributed by atoms with Crippen LogP contribution in [0.1, 0.15) is 27.8 Å². The number of fused-ring (bicyclic) bond motifs is 9. The molecule has 0 radical (unpaired) electrons. The van der Waals surface area contributed by atoms with Gasteiger partial charge >= 0.3 is 0 Å². The molecule has 10 aromatic carbocycles. The number of aromatic nitrogens is 2. The molecule has 2 heterocycles. The molecular formula is C62H42N2. The highest BCUT2D eigenvalue weighted by Gasteiger charge is 2.46. The zero-order valence-corrected chi connectivity index (χ0v) is 35.4. The summed E-state index contributed by atoms with van der Waals surface area (Å²) in [5.41, 5.74) is 20.5. The Bertz CT molecular complexity index is 3740. The lowest BCUT2D eigenvalue weighted by Crippen LogP contribution is -2.28. The Kier molecular flexibility index (Phi) is 8.07. The molecule has 0 bridgehead atoms. The molecule has 300 valence electrons. The number of hydrogen-bond acceptors (Lipinski definition) is 0. The fraction of sp³-hybridized carbons (Fsp3) is 0.0323. The third-order valence-electron chi connectivity index (χ3n) is 13.9. The summed E-state index contributed by atoms with van der Waals surface area (Å²) in [7, 11) is 0. The fourth-order valence-corrected chi connectivity index (χ4v) is 11.1. The molecule has 0 aliphatic heterocycles. The van der Waals surface area contributed by atoms with Gasteiger partial charge in [0.25, 0.3) is 0 Å². The molecule has 0 atom stereocenters. The Morgan fingerprint density at radius 2 is 0.781 bits per heavy atom. The molecule has 2 nitrogen and oxygen atoms in total. The van der Waals surface area contributed by atoms with E-state index < -0.39 is 5.41 Å². The lowest BCUT2D eigenvalue weighted by atomic mass is 9.67. The van der Waals surface area contributed by atoms with Crippen molar-refractivity contribution in [3.8, 4) is 44.8 Å². The first kappa shape index (κ1) is 36.5. The maximum Gasteiger partial charge on any atom is 0.0714 e. The van der Waals surface area contributed by atoms with Gasteiger partial charge in [0.1, 0.15) is 0 Å². The van der Waals surface area contributed by atoms with Crippen LogP contribution in [0, 0.1) is 6.92 Å². The van der Waals surface area contributed by atoms with Gasteiger partial charge in [-0.1, -0.05) is 181 Å². The van der Waals surface area contributed by atoms with Crippen LogP contribution in [-0.2, 0) is 5.41 Å². The molecular weight excluding hydrogens is 773 g/mol. The first-order valence-corrected chi connectivity index (χ1v) is 22.3. The van der Waals surface area contributed by atoms with Crippen molar-refractivity contribution in [2.45, 2.75) is 12.3 Å². The molecule has 64 heavy (non-hydrogen) atoms. The predicted molar refractivity (Wildman–Crippen MR) is 268 cm³/mol. The molecule has 0 unspecified atom stereocenters. The first-order chi connectivity index (χ1) is 31.6. The van der Waals surface area contributed by atoms with Gasteiger partial charge in [0.05, 0.1) is 27.5 Å². The zero-order chi connectivity index (χ0) is 42.4. The van der Waals surface area contributed by atoms with Gasteiger partial charge in [0, 0.05) is 32.9 Å². The molecule has 1 aliphatic carbocycles. The largest absolute Gasteiger partial charge is 0.309 e. The topological polar surface area (TPSA) is 9.86 Å². The minimum atomic E-state index is -0.469. The van der Waals surface area contributed by atoms with Gasteiger partial charge < -0.3 is 9.13 Å². The molecule has 0 saturated carbocycles. The summed E-state index contributed by atoms with van der Waals surface area (Å²) in [4.78, 5) is 0. The van der Waals surface area contributed by atoms with Crippen LogP contribution >= 0.6 is 0 Å². The van der Waals surface area contributed by atoms with Gasteiger partial charge in [0.2, 0.25) is 0 Å². The van der Waals surface area contributed by atoms with E-state index in [1.165, 1.54) is 105 Å². The van der Waals surface area contributed by atoms with Gasteiger partial charge in [0.15, 0.2) is 0 Å². The summed E-state index contributed by atoms with van der Waals surface area (Å²) in [6.45, 7) is 2.15. The highest BCUT2D eigenvalue weighted by molar-refractivity contribution is 6.13. The monoisotopic (exact) mass is 814 g/mol. The SMILES string of the molecule is Cc1cccc(-c2ccc(-n3c4ccccc4c4cc(-c5ccc6c(c5)c5ccccc5n6-c5ccc6c(c5)C(c5ccccc5)(c5ccccc5)c5ccccc5-6)ccc43)cc2)c1. The maximum absolute atomic E-state index is 2.47. The van der Waals surface area contributed by atoms with Crippen LogP contribution in [0.2, 0.25) is 0 Å². The Hall–Kier alpha value is -8.20. The fourth-order valence-electron chi connectivity index (χ4n) is 11.1. The van der Waals surface area contributed by atoms with E-state index in [1.807, 2.05) is 0 Å². The second-order valence-electron chi connectivity index (χ2n) is 17.3. The summed E-state index contributed by atoms with van der Waals surface area (Å²) in [5.74, 6) is 0. The van der Waals surface area contributed by atoms with Gasteiger partial charge in [-0.05, 0) is 123 Å². The van der Waals surface area contributed by atoms with Crippen molar-refractivity contribution in [1.29, 1.82) is 0 Å². The van der Waals surface area contributed by atoms with Gasteiger partial charge in [-0.25, -0.2) is 0 Å². The van der Waals surface area contributed by atoms with Crippen molar-refractivity contribution >= 4 is 43.6 Å². The Labute approximate surface area is 372 Å². The van der Waals surface area contributed by atoms with Crippen LogP contribution in [-0.4, -0.2) is 9.13 Å². The summed E-state index contributed by atoms with van der Waals surface area (Å²) in [6.07, 6.45) is 0. The van der Waals surface area contributed by atoms with E-state index in [0.29, 0.717) is 0 Å². The third kappa shape index (κ3) is 5.33. The molecule has 0 spiro atoms. The van der Waals surface area contributed by atoms with E-state index in [-0.39, 0.29) is 0 Å². The van der Waals surface area contributed by atoms with Gasteiger partial charge in [-0.15, -0.1) is 0 Å². The number of para-hydroxylation sites is 2. The Morgan fingerprint density at radius 1 is 0.297 bits per heavy atom. The number of aryl methyl sites for hydroxylation is 1. The average Bonchev–Trinajstić information content (AvgIpc) is 3.98. The van der Waals surface area contributed by atoms with E-state index in [1.54, 1.807) is 0 Å². The van der Waals surface area contributed by atoms with Crippen LogP contribution in [0.15, 0.2) is 237 Å². The minimum Gasteiger partial charge on any atom is -0.309 e. The second-order valence-corrected chi connectivity index (χ2v) is 17.3. The molecule has 1 aliphatic rings. The number of rotatable bonds is 6. The van der Waals surface area contributed by atoms with Gasteiger partial charge in [-0.3, -0.25) is 0 Å². The van der Waals surface area contributed by atoms with E-state index in [2.05, 4.69) is 253 Å². The lowest BCUT2D eigenvalue weighted by molar-refractivity contribution is 0.767. The first-order valence-electron chi connectivity index (χ1n) is 22.3. The molecule has 2 heteroatoms. The predicted octanol–water partition coefficient (Wildman–Crippen LogP) is 15.9. The Morgan fingerprint density at radius 3 is 1.41 bits per heavy atom. The summed E-state index contributed by atoms with van der Waals surface area (Å²) >= 11 is 0. The van der Waals surface area contributed by atoms with E-state index in [0.717, 1.165) is 11.4 Å². The molecule has 0 N–H and O–H groups in total. The maximum atomic E-state index is 2.47. The van der Waals surface area contributed by atoms with E-state index in [4.69, 9.17) is 0 Å². The quantitative estimate of drug-likeness (QED) is 0.158. The minimum absolute atomic E-state index is 0.469. The van der Waals surface area contributed by atoms with Crippen molar-refractivity contribution < 1.29 is 0 Å². The summed E-state index contributed by atoms with van der Waals surface area (Å²) in [5, 5.41) is 4.98. The van der Waals surface area contributed by atoms with E-state index >= 15 is 0 Å². The van der Waals surface area contributed by atoms with Crippen LogP contribution in [0.5, 0.6) is 0 Å². The van der Waals surface area contributed by atoms with Crippen LogP contribution in [0.3, 0.4) is 0 Å². The third-order valence-corrected chi connectivity index (χ3v) is 13.9. The normalized spacial score (nSPS) is 12.9. The molecule has 13 rings (SSSR count). The van der Waals surface area contributed by atoms with Gasteiger partial charge in [-0.2, -0.15) is 0 Å². The summed E-state index contributed by atoms with van der Waals surface area (Å²) in [6, 6.07) is 87.7. The highest BCUT2D eigenvalue weighted by atomic mass is 15.0. The number of benzene rings is 10. The van der Waals surface area contributed by atoms with Crippen molar-refractivity contribution in [3.05, 3.63) is 264 Å². The van der Waals surface area contributed by atoms with Crippen LogP contribution in [0.25, 0.3) is 88.4 Å². The van der Waals surface area contributed by atoms with Crippen molar-refractivity contribution in [2.75, 3.05) is 0 Å². The smallest absolute Gasteiger partial charge is 0.0714 e. The highest BCUT2D eigenvalue weighted by Crippen LogP contribution is 2.56. The zero-order valence-electron chi connectivity index (χ0n) is 35.4.